The Kier molecular flexibility index (Phi) is 4.01. The Bertz CT molecular complexity index is 617. The molecule has 0 radical (unpaired) electrons. The van der Waals surface area contributed by atoms with Crippen LogP contribution in [0.25, 0.3) is 0 Å². The Balaban J connectivity index is 1.61. The number of H-pyrrole nitrogens is 1. The molecule has 0 aliphatic heterocycles. The summed E-state index contributed by atoms with van der Waals surface area (Å²) >= 11 is 0. The van der Waals surface area contributed by atoms with Crippen LogP contribution in [0.2, 0.25) is 0 Å². The van der Waals surface area contributed by atoms with Gasteiger partial charge < -0.3 is 11.1 Å². The third-order valence-electron chi connectivity index (χ3n) is 4.00. The summed E-state index contributed by atoms with van der Waals surface area (Å²) in [5, 5.41) is 10.2. The van der Waals surface area contributed by atoms with E-state index in [2.05, 4.69) is 15.5 Å². The first kappa shape index (κ1) is 13.8. The van der Waals surface area contributed by atoms with Crippen LogP contribution in [0.15, 0.2) is 30.5 Å². The lowest BCUT2D eigenvalue weighted by molar-refractivity contribution is 0.0933. The van der Waals surface area contributed by atoms with Gasteiger partial charge in [-0.1, -0.05) is 12.1 Å². The SMILES string of the molecule is NCCc1ccc(C(=O)NC2CCc3cn[nH]c3C2)cc1. The second-order valence-electron chi connectivity index (χ2n) is 5.52. The predicted molar refractivity (Wildman–Crippen MR) is 81.1 cm³/mol. The average molecular weight is 284 g/mol. The van der Waals surface area contributed by atoms with E-state index in [1.54, 1.807) is 0 Å². The summed E-state index contributed by atoms with van der Waals surface area (Å²) in [5.41, 5.74) is 9.80. The number of nitrogens with zero attached hydrogens (tertiary/aromatic N) is 1. The number of hydrogen-bond acceptors (Lipinski definition) is 3. The van der Waals surface area contributed by atoms with Gasteiger partial charge in [-0.15, -0.1) is 0 Å². The van der Waals surface area contributed by atoms with Gasteiger partial charge in [0.2, 0.25) is 0 Å². The number of fused-ring (bicyclic) bond motifs is 1. The highest BCUT2D eigenvalue weighted by Crippen LogP contribution is 2.19. The molecule has 1 aliphatic carbocycles. The van der Waals surface area contributed by atoms with Gasteiger partial charge in [-0.3, -0.25) is 9.89 Å². The molecular weight excluding hydrogens is 264 g/mol. The number of carbonyl (C=O) groups is 1. The second kappa shape index (κ2) is 6.10. The van der Waals surface area contributed by atoms with Gasteiger partial charge in [-0.05, 0) is 49.1 Å². The number of aromatic amines is 1. The van der Waals surface area contributed by atoms with Crippen molar-refractivity contribution in [2.45, 2.75) is 31.7 Å². The molecule has 1 atom stereocenters. The highest BCUT2D eigenvalue weighted by molar-refractivity contribution is 5.94. The van der Waals surface area contributed by atoms with Crippen molar-refractivity contribution in [1.29, 1.82) is 0 Å². The van der Waals surface area contributed by atoms with Crippen LogP contribution in [0.5, 0.6) is 0 Å². The molecule has 21 heavy (non-hydrogen) atoms. The van der Waals surface area contributed by atoms with Crippen LogP contribution >= 0.6 is 0 Å². The molecule has 0 spiro atoms. The number of carbonyl (C=O) groups excluding carboxylic acids is 1. The third kappa shape index (κ3) is 3.13. The summed E-state index contributed by atoms with van der Waals surface area (Å²) < 4.78 is 0. The normalized spacial score (nSPS) is 17.3. The van der Waals surface area contributed by atoms with E-state index in [0.717, 1.165) is 36.9 Å². The minimum Gasteiger partial charge on any atom is -0.349 e. The lowest BCUT2D eigenvalue weighted by Gasteiger charge is -2.22. The van der Waals surface area contributed by atoms with Gasteiger partial charge in [-0.25, -0.2) is 0 Å². The number of amides is 1. The number of benzene rings is 1. The molecule has 0 bridgehead atoms. The van der Waals surface area contributed by atoms with Crippen molar-refractivity contribution in [1.82, 2.24) is 15.5 Å². The zero-order valence-electron chi connectivity index (χ0n) is 11.9. The lowest BCUT2D eigenvalue weighted by atomic mass is 9.93. The number of aromatic nitrogens is 2. The van der Waals surface area contributed by atoms with Crippen molar-refractivity contribution >= 4 is 5.91 Å². The molecule has 0 saturated heterocycles. The molecule has 3 rings (SSSR count). The number of hydrogen-bond donors (Lipinski definition) is 3. The lowest BCUT2D eigenvalue weighted by Crippen LogP contribution is -2.38. The van der Waals surface area contributed by atoms with E-state index in [1.165, 1.54) is 5.56 Å². The third-order valence-corrected chi connectivity index (χ3v) is 4.00. The number of nitrogens with one attached hydrogen (secondary N) is 2. The van der Waals surface area contributed by atoms with E-state index in [-0.39, 0.29) is 11.9 Å². The molecule has 0 fully saturated rings. The highest BCUT2D eigenvalue weighted by Gasteiger charge is 2.21. The van der Waals surface area contributed by atoms with Crippen molar-refractivity contribution < 1.29 is 4.79 Å². The van der Waals surface area contributed by atoms with Gasteiger partial charge in [-0.2, -0.15) is 5.10 Å². The smallest absolute Gasteiger partial charge is 0.251 e. The topological polar surface area (TPSA) is 83.8 Å². The van der Waals surface area contributed by atoms with Gasteiger partial charge in [0.05, 0.1) is 6.20 Å². The van der Waals surface area contributed by atoms with Crippen molar-refractivity contribution in [3.8, 4) is 0 Å². The van der Waals surface area contributed by atoms with Crippen molar-refractivity contribution in [3.05, 3.63) is 52.8 Å². The maximum atomic E-state index is 12.3. The molecule has 1 aromatic heterocycles. The maximum Gasteiger partial charge on any atom is 0.251 e. The first-order valence-corrected chi connectivity index (χ1v) is 7.37. The Hall–Kier alpha value is -2.14. The summed E-state index contributed by atoms with van der Waals surface area (Å²) in [4.78, 5) is 12.3. The monoisotopic (exact) mass is 284 g/mol. The van der Waals surface area contributed by atoms with Crippen LogP contribution < -0.4 is 11.1 Å². The van der Waals surface area contributed by atoms with Crippen LogP contribution in [-0.2, 0) is 19.3 Å². The van der Waals surface area contributed by atoms with Crippen molar-refractivity contribution in [2.75, 3.05) is 6.54 Å². The molecule has 1 heterocycles. The molecule has 2 aromatic rings. The molecule has 110 valence electrons. The molecule has 5 heteroatoms. The standard InChI is InChI=1S/C16H20N4O/c17-8-7-11-1-3-12(4-2-11)16(21)19-14-6-5-13-10-18-20-15(13)9-14/h1-4,10,14H,5-9,17H2,(H,18,20)(H,19,21). The number of nitrogens with two attached hydrogens (primary N) is 1. The quantitative estimate of drug-likeness (QED) is 0.788. The molecule has 1 aromatic carbocycles. The van der Waals surface area contributed by atoms with Gasteiger partial charge in [0.25, 0.3) is 5.91 Å². The minimum atomic E-state index is -0.0118. The fourth-order valence-corrected chi connectivity index (χ4v) is 2.79. The molecule has 4 N–H and O–H groups in total. The fourth-order valence-electron chi connectivity index (χ4n) is 2.79. The maximum absolute atomic E-state index is 12.3. The van der Waals surface area contributed by atoms with E-state index in [1.807, 2.05) is 30.5 Å². The summed E-state index contributed by atoms with van der Waals surface area (Å²) in [6.45, 7) is 0.625. The highest BCUT2D eigenvalue weighted by atomic mass is 16.1. The number of rotatable bonds is 4. The van der Waals surface area contributed by atoms with Gasteiger partial charge in [0, 0.05) is 23.7 Å². The van der Waals surface area contributed by atoms with Crippen molar-refractivity contribution in [2.24, 2.45) is 5.73 Å². The summed E-state index contributed by atoms with van der Waals surface area (Å²) in [6, 6.07) is 7.84. The molecule has 1 unspecified atom stereocenters. The predicted octanol–water partition coefficient (Wildman–Crippen LogP) is 1.20. The first-order chi connectivity index (χ1) is 10.3. The Labute approximate surface area is 123 Å². The Morgan fingerprint density at radius 2 is 2.19 bits per heavy atom. The molecule has 1 aliphatic rings. The molecule has 5 nitrogen and oxygen atoms in total. The van der Waals surface area contributed by atoms with Crippen LogP contribution in [0.3, 0.4) is 0 Å². The fraction of sp³-hybridized carbons (Fsp3) is 0.375. The van der Waals surface area contributed by atoms with E-state index in [9.17, 15) is 4.79 Å². The zero-order valence-corrected chi connectivity index (χ0v) is 11.9. The van der Waals surface area contributed by atoms with Crippen LogP contribution in [-0.4, -0.2) is 28.7 Å². The zero-order chi connectivity index (χ0) is 14.7. The molecular formula is C16H20N4O. The van der Waals surface area contributed by atoms with Crippen LogP contribution in [0.1, 0.15) is 33.6 Å². The number of aryl methyl sites for hydroxylation is 1. The summed E-state index contributed by atoms with van der Waals surface area (Å²) in [7, 11) is 0. The first-order valence-electron chi connectivity index (χ1n) is 7.37. The van der Waals surface area contributed by atoms with E-state index >= 15 is 0 Å². The van der Waals surface area contributed by atoms with E-state index in [0.29, 0.717) is 12.1 Å². The Morgan fingerprint density at radius 3 is 2.95 bits per heavy atom. The average Bonchev–Trinajstić information content (AvgIpc) is 2.96. The summed E-state index contributed by atoms with van der Waals surface area (Å²) in [5.74, 6) is -0.0118. The van der Waals surface area contributed by atoms with Gasteiger partial charge in [0.1, 0.15) is 0 Å². The van der Waals surface area contributed by atoms with Gasteiger partial charge >= 0.3 is 0 Å². The van der Waals surface area contributed by atoms with Gasteiger partial charge in [0.15, 0.2) is 0 Å². The Morgan fingerprint density at radius 1 is 1.38 bits per heavy atom. The van der Waals surface area contributed by atoms with Crippen molar-refractivity contribution in [3.63, 3.8) is 0 Å². The van der Waals surface area contributed by atoms with Crippen LogP contribution in [0.4, 0.5) is 0 Å². The van der Waals surface area contributed by atoms with Crippen LogP contribution in [0, 0.1) is 0 Å². The largest absolute Gasteiger partial charge is 0.349 e. The van der Waals surface area contributed by atoms with E-state index < -0.39 is 0 Å². The molecule has 1 amide bonds. The second-order valence-corrected chi connectivity index (χ2v) is 5.52. The van der Waals surface area contributed by atoms with E-state index in [4.69, 9.17) is 5.73 Å². The molecule has 0 saturated carbocycles. The minimum absolute atomic E-state index is 0.0118. The summed E-state index contributed by atoms with van der Waals surface area (Å²) in [6.07, 6.45) is 5.47.